The van der Waals surface area contributed by atoms with Crippen LogP contribution in [0.4, 0.5) is 11.5 Å². The number of nitrogens with zero attached hydrogens (tertiary/aromatic N) is 2. The van der Waals surface area contributed by atoms with E-state index in [0.717, 1.165) is 16.5 Å². The van der Waals surface area contributed by atoms with Gasteiger partial charge >= 0.3 is 0 Å². The maximum Gasteiger partial charge on any atom is 0.287 e. The van der Waals surface area contributed by atoms with E-state index in [-0.39, 0.29) is 43.0 Å². The lowest BCUT2D eigenvalue weighted by Crippen LogP contribution is -2.40. The Bertz CT molecular complexity index is 1330. The molecule has 0 fully saturated rings. The highest BCUT2D eigenvalue weighted by Gasteiger charge is 2.39. The molecule has 1 amide bonds. The zero-order chi connectivity index (χ0) is 29.7. The number of pyridine rings is 1. The number of anilines is 1. The fraction of sp³-hybridized carbons (Fsp3) is 0.448. The number of carbonyl (C=O) groups excluding carboxylic acids is 1. The molecular formula is C29H36N4O9. The number of rotatable bonds is 17. The molecule has 3 heterocycles. The van der Waals surface area contributed by atoms with E-state index in [0.29, 0.717) is 45.2 Å². The molecule has 0 aliphatic carbocycles. The number of fused-ring (bicyclic) bond motifs is 1. The maximum absolute atomic E-state index is 13.2. The quantitative estimate of drug-likeness (QED) is 0.121. The molecule has 13 nitrogen and oxygen atoms in total. The van der Waals surface area contributed by atoms with Crippen molar-refractivity contribution in [2.75, 3.05) is 58.0 Å². The van der Waals surface area contributed by atoms with Crippen LogP contribution >= 0.6 is 0 Å². The van der Waals surface area contributed by atoms with Crippen molar-refractivity contribution in [3.8, 4) is 0 Å². The van der Waals surface area contributed by atoms with Crippen molar-refractivity contribution in [3.63, 3.8) is 0 Å². The number of aliphatic hydroxyl groups excluding tert-OH is 1. The number of ether oxygens (including phenoxy) is 4. The topological polar surface area (TPSA) is 167 Å². The molecule has 3 aromatic rings. The zero-order valence-corrected chi connectivity index (χ0v) is 23.4. The SMILES string of the molecule is CCO[C@H]1OC(C(=O)NCCNc2ccc([N+](=O)[O-])cn2)=C[C@@H](c2coc3ccccc23)[C@H]1CCOCCOCCO. The second-order valence-corrected chi connectivity index (χ2v) is 9.43. The van der Waals surface area contributed by atoms with Crippen LogP contribution in [0.15, 0.2) is 65.1 Å². The molecule has 0 unspecified atom stereocenters. The predicted molar refractivity (Wildman–Crippen MR) is 153 cm³/mol. The van der Waals surface area contributed by atoms with E-state index in [4.69, 9.17) is 28.5 Å². The molecule has 2 aromatic heterocycles. The first-order valence-corrected chi connectivity index (χ1v) is 13.9. The van der Waals surface area contributed by atoms with Gasteiger partial charge in [-0.3, -0.25) is 14.9 Å². The number of hydrogen-bond acceptors (Lipinski definition) is 11. The molecule has 0 radical (unpaired) electrons. The van der Waals surface area contributed by atoms with E-state index >= 15 is 0 Å². The minimum atomic E-state index is -0.698. The van der Waals surface area contributed by atoms with Crippen LogP contribution in [0, 0.1) is 16.0 Å². The third kappa shape index (κ3) is 8.26. The van der Waals surface area contributed by atoms with Gasteiger partial charge in [0.15, 0.2) is 5.76 Å². The predicted octanol–water partition coefficient (Wildman–Crippen LogP) is 3.36. The summed E-state index contributed by atoms with van der Waals surface area (Å²) in [4.78, 5) is 27.5. The van der Waals surface area contributed by atoms with E-state index in [2.05, 4.69) is 15.6 Å². The number of nitrogens with one attached hydrogen (secondary N) is 2. The van der Waals surface area contributed by atoms with Crippen molar-refractivity contribution in [3.05, 3.63) is 76.4 Å². The number of benzene rings is 1. The molecule has 1 aromatic carbocycles. The molecule has 1 aliphatic rings. The summed E-state index contributed by atoms with van der Waals surface area (Å²) in [6.45, 7) is 4.27. The minimum Gasteiger partial charge on any atom is -0.464 e. The van der Waals surface area contributed by atoms with Gasteiger partial charge in [0, 0.05) is 55.2 Å². The molecule has 13 heteroatoms. The van der Waals surface area contributed by atoms with Crippen LogP contribution < -0.4 is 10.6 Å². The number of nitro groups is 1. The highest BCUT2D eigenvalue weighted by molar-refractivity contribution is 5.92. The van der Waals surface area contributed by atoms with Crippen molar-refractivity contribution in [2.24, 2.45) is 5.92 Å². The van der Waals surface area contributed by atoms with E-state index in [1.807, 2.05) is 37.3 Å². The normalized spacial score (nSPS) is 18.3. The number of amides is 1. The first-order chi connectivity index (χ1) is 20.5. The third-order valence-electron chi connectivity index (χ3n) is 6.69. The second kappa shape index (κ2) is 15.8. The summed E-state index contributed by atoms with van der Waals surface area (Å²) in [5.41, 5.74) is 1.57. The monoisotopic (exact) mass is 584 g/mol. The molecule has 226 valence electrons. The van der Waals surface area contributed by atoms with Crippen LogP contribution in [0.5, 0.6) is 0 Å². The summed E-state index contributed by atoms with van der Waals surface area (Å²) in [6, 6.07) is 10.6. The van der Waals surface area contributed by atoms with Gasteiger partial charge < -0.3 is 39.1 Å². The van der Waals surface area contributed by atoms with Gasteiger partial charge in [-0.05, 0) is 31.6 Å². The first kappa shape index (κ1) is 30.9. The summed E-state index contributed by atoms with van der Waals surface area (Å²) in [7, 11) is 0. The van der Waals surface area contributed by atoms with Crippen LogP contribution in [-0.2, 0) is 23.7 Å². The van der Waals surface area contributed by atoms with Crippen LogP contribution in [0.25, 0.3) is 11.0 Å². The van der Waals surface area contributed by atoms with Gasteiger partial charge in [0.1, 0.15) is 17.6 Å². The number of allylic oxidation sites excluding steroid dienone is 1. The van der Waals surface area contributed by atoms with Crippen molar-refractivity contribution in [1.29, 1.82) is 0 Å². The number of aromatic nitrogens is 1. The summed E-state index contributed by atoms with van der Waals surface area (Å²) >= 11 is 0. The molecule has 3 N–H and O–H groups in total. The van der Waals surface area contributed by atoms with Gasteiger partial charge in [-0.2, -0.15) is 0 Å². The van der Waals surface area contributed by atoms with Crippen LogP contribution in [0.2, 0.25) is 0 Å². The van der Waals surface area contributed by atoms with Gasteiger partial charge in [0.2, 0.25) is 6.29 Å². The molecular weight excluding hydrogens is 548 g/mol. The average molecular weight is 585 g/mol. The van der Waals surface area contributed by atoms with Crippen molar-refractivity contribution in [1.82, 2.24) is 10.3 Å². The Labute approximate surface area is 242 Å². The Morgan fingerprint density at radius 2 is 1.93 bits per heavy atom. The number of hydrogen-bond donors (Lipinski definition) is 3. The average Bonchev–Trinajstić information content (AvgIpc) is 3.43. The first-order valence-electron chi connectivity index (χ1n) is 13.9. The molecule has 42 heavy (non-hydrogen) atoms. The van der Waals surface area contributed by atoms with E-state index in [9.17, 15) is 14.9 Å². The van der Waals surface area contributed by atoms with Gasteiger partial charge in [-0.25, -0.2) is 4.98 Å². The number of para-hydroxylation sites is 1. The zero-order valence-electron chi connectivity index (χ0n) is 23.4. The third-order valence-corrected chi connectivity index (χ3v) is 6.69. The molecule has 0 spiro atoms. The lowest BCUT2D eigenvalue weighted by Gasteiger charge is -2.36. The Kier molecular flexibility index (Phi) is 11.6. The number of aliphatic hydroxyl groups is 1. The van der Waals surface area contributed by atoms with Gasteiger partial charge in [-0.15, -0.1) is 0 Å². The van der Waals surface area contributed by atoms with Crippen molar-refractivity contribution < 1.29 is 38.2 Å². The fourth-order valence-corrected chi connectivity index (χ4v) is 4.71. The van der Waals surface area contributed by atoms with Gasteiger partial charge in [0.05, 0.1) is 37.6 Å². The standard InChI is InChI=1S/C29H36N4O9/c1-2-40-29-22(9-13-38-15-16-39-14-12-34)23(24-19-41-25-6-4-3-5-21(24)25)17-26(42-29)28(35)31-11-10-30-27-8-7-20(18-32-27)33(36)37/h3-8,17-19,22-23,29,34H,2,9-16H2,1H3,(H,30,32)(H,31,35)/t22-,23-,29+/m1/s1. The molecule has 0 bridgehead atoms. The molecule has 1 aliphatic heterocycles. The lowest BCUT2D eigenvalue weighted by atomic mass is 9.81. The Hall–Kier alpha value is -4.04. The van der Waals surface area contributed by atoms with E-state index in [1.165, 1.54) is 18.3 Å². The van der Waals surface area contributed by atoms with Gasteiger partial charge in [0.25, 0.3) is 11.6 Å². The van der Waals surface area contributed by atoms with E-state index in [1.54, 1.807) is 6.26 Å². The fourth-order valence-electron chi connectivity index (χ4n) is 4.71. The van der Waals surface area contributed by atoms with Crippen molar-refractivity contribution >= 4 is 28.4 Å². The second-order valence-electron chi connectivity index (χ2n) is 9.43. The van der Waals surface area contributed by atoms with Crippen molar-refractivity contribution in [2.45, 2.75) is 25.6 Å². The van der Waals surface area contributed by atoms with Crippen LogP contribution in [0.1, 0.15) is 24.8 Å². The summed E-state index contributed by atoms with van der Waals surface area (Å²) in [5.74, 6) is -0.220. The molecule has 4 rings (SSSR count). The van der Waals surface area contributed by atoms with Gasteiger partial charge in [-0.1, -0.05) is 18.2 Å². The van der Waals surface area contributed by atoms with Crippen LogP contribution in [-0.4, -0.2) is 79.9 Å². The summed E-state index contributed by atoms with van der Waals surface area (Å²) < 4.78 is 28.9. The Morgan fingerprint density at radius 1 is 1.12 bits per heavy atom. The summed E-state index contributed by atoms with van der Waals surface area (Å²) in [6.07, 6.45) is 4.58. The number of furan rings is 1. The highest BCUT2D eigenvalue weighted by Crippen LogP contribution is 2.41. The van der Waals surface area contributed by atoms with Crippen LogP contribution in [0.3, 0.4) is 0 Å². The number of carbonyl (C=O) groups is 1. The smallest absolute Gasteiger partial charge is 0.287 e. The molecule has 0 saturated heterocycles. The maximum atomic E-state index is 13.2. The minimum absolute atomic E-state index is 0.0362. The summed E-state index contributed by atoms with van der Waals surface area (Å²) in [5, 5.41) is 26.5. The Balaban J connectivity index is 1.44. The largest absolute Gasteiger partial charge is 0.464 e. The van der Waals surface area contributed by atoms with E-state index < -0.39 is 17.1 Å². The lowest BCUT2D eigenvalue weighted by molar-refractivity contribution is -0.385. The highest BCUT2D eigenvalue weighted by atomic mass is 16.7. The molecule has 3 atom stereocenters. The Morgan fingerprint density at radius 3 is 2.67 bits per heavy atom. The molecule has 0 saturated carbocycles.